The summed E-state index contributed by atoms with van der Waals surface area (Å²) in [5.41, 5.74) is 1.65. The minimum Gasteiger partial charge on any atom is -0.493 e. The Labute approximate surface area is 243 Å². The fraction of sp³-hybridized carbons (Fsp3) is 0.0968. The number of aryl methyl sites for hydroxylation is 1. The Morgan fingerprint density at radius 1 is 1.05 bits per heavy atom. The maximum Gasteiger partial charge on any atom is 0.271 e. The third kappa shape index (κ3) is 5.25. The number of hydrogen-bond acceptors (Lipinski definition) is 7. The van der Waals surface area contributed by atoms with Crippen LogP contribution in [0.3, 0.4) is 0 Å². The molecule has 0 bridgehead atoms. The summed E-state index contributed by atoms with van der Waals surface area (Å²) in [6, 6.07) is 18.1. The lowest BCUT2D eigenvalue weighted by molar-refractivity contribution is 0.102. The van der Waals surface area contributed by atoms with Crippen LogP contribution in [0.1, 0.15) is 17.3 Å². The van der Waals surface area contributed by atoms with Crippen LogP contribution >= 0.6 is 11.3 Å². The van der Waals surface area contributed by atoms with E-state index in [0.717, 1.165) is 26.7 Å². The molecular weight excluding hydrogens is 557 g/mol. The third-order valence-electron chi connectivity index (χ3n) is 6.39. The van der Waals surface area contributed by atoms with E-state index in [1.54, 1.807) is 66.6 Å². The number of carbonyl (C=O) groups excluding carboxylic acids is 1. The Hall–Kier alpha value is -5.29. The topological polar surface area (TPSA) is 100 Å². The number of para-hydroxylation sites is 1. The zero-order chi connectivity index (χ0) is 29.2. The average molecular weight is 582 g/mol. The fourth-order valence-electron chi connectivity index (χ4n) is 4.46. The van der Waals surface area contributed by atoms with Crippen molar-refractivity contribution in [1.29, 1.82) is 0 Å². The number of ether oxygens (including phenoxy) is 2. The Bertz CT molecular complexity index is 1980. The highest BCUT2D eigenvalue weighted by Crippen LogP contribution is 2.39. The van der Waals surface area contributed by atoms with Crippen LogP contribution in [0, 0.1) is 5.82 Å². The van der Waals surface area contributed by atoms with Crippen molar-refractivity contribution in [3.05, 3.63) is 113 Å². The highest BCUT2D eigenvalue weighted by Gasteiger charge is 2.21. The minimum absolute atomic E-state index is 0.0297. The second-order valence-electron chi connectivity index (χ2n) is 9.24. The van der Waals surface area contributed by atoms with E-state index in [1.165, 1.54) is 28.0 Å². The van der Waals surface area contributed by atoms with Gasteiger partial charge in [-0.2, -0.15) is 5.10 Å². The highest BCUT2D eigenvalue weighted by atomic mass is 32.1. The smallest absolute Gasteiger partial charge is 0.271 e. The second kappa shape index (κ2) is 11.3. The molecule has 4 heterocycles. The van der Waals surface area contributed by atoms with Gasteiger partial charge in [0.05, 0.1) is 23.0 Å². The van der Waals surface area contributed by atoms with Gasteiger partial charge in [-0.05, 0) is 43.3 Å². The van der Waals surface area contributed by atoms with E-state index in [9.17, 15) is 9.59 Å². The summed E-state index contributed by atoms with van der Waals surface area (Å²) in [6.45, 7) is 2.01. The van der Waals surface area contributed by atoms with Gasteiger partial charge in [0, 0.05) is 59.6 Å². The first-order valence-electron chi connectivity index (χ1n) is 13.0. The quantitative estimate of drug-likeness (QED) is 0.222. The number of thiophene rings is 1. The highest BCUT2D eigenvalue weighted by molar-refractivity contribution is 7.22. The fourth-order valence-corrected chi connectivity index (χ4v) is 5.50. The zero-order valence-electron chi connectivity index (χ0n) is 22.6. The summed E-state index contributed by atoms with van der Waals surface area (Å²) >= 11 is 1.47. The minimum atomic E-state index is -0.723. The number of anilines is 1. The number of nitrogens with one attached hydrogen (secondary N) is 1. The summed E-state index contributed by atoms with van der Waals surface area (Å²) in [7, 11) is 1.84. The van der Waals surface area contributed by atoms with Gasteiger partial charge in [-0.25, -0.2) is 4.39 Å². The molecule has 0 unspecified atom stereocenters. The van der Waals surface area contributed by atoms with Gasteiger partial charge in [-0.1, -0.05) is 18.2 Å². The van der Waals surface area contributed by atoms with Crippen LogP contribution in [-0.4, -0.2) is 31.8 Å². The normalized spacial score (nSPS) is 11.0. The van der Waals surface area contributed by atoms with E-state index >= 15 is 4.39 Å². The van der Waals surface area contributed by atoms with Crippen molar-refractivity contribution < 1.29 is 18.7 Å². The van der Waals surface area contributed by atoms with Crippen LogP contribution in [0.25, 0.3) is 26.3 Å². The van der Waals surface area contributed by atoms with E-state index in [0.29, 0.717) is 11.4 Å². The number of pyridine rings is 2. The first kappa shape index (κ1) is 26.9. The SMILES string of the molecule is CCOc1ccn(-c2ccccc2)c(=O)c1C(=O)Nc1ccc(Oc2ccnc3cc(-c4cnn(C)c4)sc23)c(F)c1. The maximum absolute atomic E-state index is 15.2. The van der Waals surface area contributed by atoms with E-state index in [2.05, 4.69) is 15.4 Å². The molecular formula is C31H24FN5O4S. The number of fused-ring (bicyclic) bond motifs is 1. The van der Waals surface area contributed by atoms with Crippen molar-refractivity contribution in [2.75, 3.05) is 11.9 Å². The molecule has 6 aromatic rings. The predicted molar refractivity (Wildman–Crippen MR) is 159 cm³/mol. The van der Waals surface area contributed by atoms with Crippen molar-refractivity contribution in [2.24, 2.45) is 7.05 Å². The van der Waals surface area contributed by atoms with E-state index in [-0.39, 0.29) is 29.4 Å². The van der Waals surface area contributed by atoms with Gasteiger partial charge in [-0.15, -0.1) is 11.3 Å². The van der Waals surface area contributed by atoms with Gasteiger partial charge < -0.3 is 14.8 Å². The number of aromatic nitrogens is 4. The van der Waals surface area contributed by atoms with Crippen molar-refractivity contribution in [3.8, 4) is 33.4 Å². The monoisotopic (exact) mass is 581 g/mol. The Morgan fingerprint density at radius 3 is 2.62 bits per heavy atom. The molecule has 1 amide bonds. The Balaban J connectivity index is 1.26. The number of benzene rings is 2. The number of rotatable bonds is 8. The summed E-state index contributed by atoms with van der Waals surface area (Å²) in [4.78, 5) is 32.0. The molecule has 0 aliphatic rings. The molecule has 2 aromatic carbocycles. The molecule has 11 heteroatoms. The predicted octanol–water partition coefficient (Wildman–Crippen LogP) is 6.43. The molecule has 210 valence electrons. The average Bonchev–Trinajstić information content (AvgIpc) is 3.62. The number of amides is 1. The number of carbonyl (C=O) groups is 1. The van der Waals surface area contributed by atoms with Crippen molar-refractivity contribution in [3.63, 3.8) is 0 Å². The van der Waals surface area contributed by atoms with E-state index in [1.807, 2.05) is 25.4 Å². The molecule has 42 heavy (non-hydrogen) atoms. The van der Waals surface area contributed by atoms with Crippen LogP contribution in [0.2, 0.25) is 0 Å². The standard InChI is InChI=1S/C31H24FN5O4S/c1-3-40-25-12-14-37(21-7-5-4-6-8-21)31(39)28(25)30(38)35-20-9-10-24(22(32)15-20)41-26-11-13-33-23-16-27(42-29(23)26)19-17-34-36(2)18-19/h4-18H,3H2,1-2H3,(H,35,38). The molecule has 9 nitrogen and oxygen atoms in total. The molecule has 0 fully saturated rings. The lowest BCUT2D eigenvalue weighted by Gasteiger charge is -2.14. The molecule has 0 atom stereocenters. The van der Waals surface area contributed by atoms with Crippen molar-refractivity contribution in [2.45, 2.75) is 6.92 Å². The molecule has 0 aliphatic carbocycles. The van der Waals surface area contributed by atoms with Crippen LogP contribution in [0.15, 0.2) is 96.3 Å². The number of nitrogens with zero attached hydrogens (tertiary/aromatic N) is 4. The van der Waals surface area contributed by atoms with Crippen LogP contribution in [0.4, 0.5) is 10.1 Å². The molecule has 0 saturated heterocycles. The van der Waals surface area contributed by atoms with Gasteiger partial charge >= 0.3 is 0 Å². The van der Waals surface area contributed by atoms with Gasteiger partial charge in [0.25, 0.3) is 11.5 Å². The molecule has 0 radical (unpaired) electrons. The number of hydrogen-bond donors (Lipinski definition) is 1. The van der Waals surface area contributed by atoms with E-state index in [4.69, 9.17) is 9.47 Å². The summed E-state index contributed by atoms with van der Waals surface area (Å²) in [6.07, 6.45) is 6.82. The van der Waals surface area contributed by atoms with Gasteiger partial charge in [0.2, 0.25) is 0 Å². The molecule has 6 rings (SSSR count). The van der Waals surface area contributed by atoms with Gasteiger partial charge in [0.1, 0.15) is 17.1 Å². The third-order valence-corrected chi connectivity index (χ3v) is 7.58. The molecule has 0 saturated carbocycles. The number of halogens is 1. The Kier molecular flexibility index (Phi) is 7.24. The maximum atomic E-state index is 15.2. The van der Waals surface area contributed by atoms with Crippen molar-refractivity contribution >= 4 is 33.1 Å². The molecule has 0 spiro atoms. The van der Waals surface area contributed by atoms with E-state index < -0.39 is 17.3 Å². The summed E-state index contributed by atoms with van der Waals surface area (Å²) in [5, 5.41) is 6.83. The first-order chi connectivity index (χ1) is 20.4. The molecule has 4 aromatic heterocycles. The lowest BCUT2D eigenvalue weighted by atomic mass is 10.2. The van der Waals surface area contributed by atoms with Crippen LogP contribution in [-0.2, 0) is 7.05 Å². The van der Waals surface area contributed by atoms with Crippen LogP contribution < -0.4 is 20.3 Å². The molecule has 0 aliphatic heterocycles. The van der Waals surface area contributed by atoms with Crippen LogP contribution in [0.5, 0.6) is 17.2 Å². The first-order valence-corrected chi connectivity index (χ1v) is 13.8. The zero-order valence-corrected chi connectivity index (χ0v) is 23.4. The lowest BCUT2D eigenvalue weighted by Crippen LogP contribution is -2.29. The molecule has 1 N–H and O–H groups in total. The summed E-state index contributed by atoms with van der Waals surface area (Å²) < 4.78 is 30.6. The van der Waals surface area contributed by atoms with Gasteiger partial charge in [-0.3, -0.25) is 23.8 Å². The second-order valence-corrected chi connectivity index (χ2v) is 10.3. The van der Waals surface area contributed by atoms with Gasteiger partial charge in [0.15, 0.2) is 11.6 Å². The largest absolute Gasteiger partial charge is 0.493 e. The van der Waals surface area contributed by atoms with Crippen molar-refractivity contribution in [1.82, 2.24) is 19.3 Å². The Morgan fingerprint density at radius 2 is 1.88 bits per heavy atom. The summed E-state index contributed by atoms with van der Waals surface area (Å²) in [5.74, 6) is -0.863.